The molecule has 1 aromatic carbocycles. The van der Waals surface area contributed by atoms with Crippen LogP contribution < -0.4 is 11.3 Å². The average Bonchev–Trinajstić information content (AvgIpc) is 3.11. The van der Waals surface area contributed by atoms with E-state index in [0.29, 0.717) is 5.92 Å². The standard InChI is InChI=1S/C17H21N3/c18-20-17(15-10-11-6-7-12(15)9-11)14-3-1-5-16-13(14)4-2-8-19-16/h1-5,8,11-12,15,17,20H,6-7,9-10,18H2. The number of fused-ring (bicyclic) bond motifs is 3. The molecule has 0 amide bonds. The summed E-state index contributed by atoms with van der Waals surface area (Å²) >= 11 is 0. The van der Waals surface area contributed by atoms with Crippen LogP contribution in [0.5, 0.6) is 0 Å². The monoisotopic (exact) mass is 267 g/mol. The Morgan fingerprint density at radius 3 is 2.85 bits per heavy atom. The lowest BCUT2D eigenvalue weighted by Gasteiger charge is -2.31. The summed E-state index contributed by atoms with van der Waals surface area (Å²) in [5, 5.41) is 1.24. The van der Waals surface area contributed by atoms with Crippen LogP contribution in [0, 0.1) is 17.8 Å². The van der Waals surface area contributed by atoms with Gasteiger partial charge in [0.15, 0.2) is 0 Å². The molecule has 0 saturated heterocycles. The van der Waals surface area contributed by atoms with Crippen LogP contribution in [-0.4, -0.2) is 4.98 Å². The predicted molar refractivity (Wildman–Crippen MR) is 80.7 cm³/mol. The molecule has 2 bridgehead atoms. The van der Waals surface area contributed by atoms with Gasteiger partial charge >= 0.3 is 0 Å². The van der Waals surface area contributed by atoms with E-state index < -0.39 is 0 Å². The summed E-state index contributed by atoms with van der Waals surface area (Å²) in [4.78, 5) is 4.46. The van der Waals surface area contributed by atoms with E-state index in [9.17, 15) is 0 Å². The lowest BCUT2D eigenvalue weighted by molar-refractivity contribution is 0.253. The molecule has 2 fully saturated rings. The molecule has 2 aliphatic carbocycles. The predicted octanol–water partition coefficient (Wildman–Crippen LogP) is 3.18. The van der Waals surface area contributed by atoms with Gasteiger partial charge in [0.05, 0.1) is 5.52 Å². The van der Waals surface area contributed by atoms with E-state index in [1.165, 1.54) is 36.6 Å². The molecule has 104 valence electrons. The number of pyridine rings is 1. The largest absolute Gasteiger partial charge is 0.271 e. The molecule has 3 nitrogen and oxygen atoms in total. The van der Waals surface area contributed by atoms with Crippen LogP contribution in [0.2, 0.25) is 0 Å². The Balaban J connectivity index is 1.76. The normalized spacial score (nSPS) is 29.9. The van der Waals surface area contributed by atoms with E-state index in [1.807, 2.05) is 12.3 Å². The quantitative estimate of drug-likeness (QED) is 0.663. The van der Waals surface area contributed by atoms with Crippen molar-refractivity contribution >= 4 is 10.9 Å². The van der Waals surface area contributed by atoms with Crippen LogP contribution in [0.1, 0.15) is 37.3 Å². The molecule has 2 saturated carbocycles. The second-order valence-corrected chi connectivity index (χ2v) is 6.40. The number of benzene rings is 1. The number of nitrogens with one attached hydrogen (secondary N) is 1. The smallest absolute Gasteiger partial charge is 0.0705 e. The number of hydrazine groups is 1. The van der Waals surface area contributed by atoms with Gasteiger partial charge in [-0.1, -0.05) is 24.6 Å². The Morgan fingerprint density at radius 2 is 2.10 bits per heavy atom. The van der Waals surface area contributed by atoms with Gasteiger partial charge in [0.25, 0.3) is 0 Å². The van der Waals surface area contributed by atoms with Crippen molar-refractivity contribution in [3.8, 4) is 0 Å². The lowest BCUT2D eigenvalue weighted by atomic mass is 9.80. The molecule has 4 unspecified atom stereocenters. The van der Waals surface area contributed by atoms with Crippen molar-refractivity contribution in [2.24, 2.45) is 23.6 Å². The first kappa shape index (κ1) is 12.3. The zero-order chi connectivity index (χ0) is 13.5. The van der Waals surface area contributed by atoms with Crippen molar-refractivity contribution in [3.05, 3.63) is 42.1 Å². The maximum absolute atomic E-state index is 5.94. The van der Waals surface area contributed by atoms with Crippen LogP contribution in [0.4, 0.5) is 0 Å². The molecule has 3 heteroatoms. The SMILES string of the molecule is NNC(c1cccc2ncccc12)C1CC2CCC1C2. The summed E-state index contributed by atoms with van der Waals surface area (Å²) in [6, 6.07) is 10.8. The van der Waals surface area contributed by atoms with Gasteiger partial charge in [0, 0.05) is 17.6 Å². The molecule has 2 aliphatic rings. The van der Waals surface area contributed by atoms with E-state index in [1.54, 1.807) is 0 Å². The number of nitrogens with two attached hydrogens (primary N) is 1. The van der Waals surface area contributed by atoms with Crippen molar-refractivity contribution in [1.29, 1.82) is 0 Å². The summed E-state index contributed by atoms with van der Waals surface area (Å²) in [5.74, 6) is 8.42. The highest BCUT2D eigenvalue weighted by Gasteiger charge is 2.43. The fourth-order valence-corrected chi connectivity index (χ4v) is 4.54. The van der Waals surface area contributed by atoms with E-state index in [2.05, 4.69) is 34.7 Å². The maximum Gasteiger partial charge on any atom is 0.0705 e. The zero-order valence-corrected chi connectivity index (χ0v) is 11.6. The number of hydrogen-bond acceptors (Lipinski definition) is 3. The van der Waals surface area contributed by atoms with Crippen molar-refractivity contribution < 1.29 is 0 Å². The van der Waals surface area contributed by atoms with E-state index in [-0.39, 0.29) is 6.04 Å². The summed E-state index contributed by atoms with van der Waals surface area (Å²) in [5.41, 5.74) is 5.49. The molecule has 4 atom stereocenters. The molecule has 3 N–H and O–H groups in total. The molecule has 1 heterocycles. The molecule has 20 heavy (non-hydrogen) atoms. The molecule has 0 radical (unpaired) electrons. The lowest BCUT2D eigenvalue weighted by Crippen LogP contribution is -2.36. The van der Waals surface area contributed by atoms with Crippen molar-refractivity contribution in [2.45, 2.75) is 31.7 Å². The van der Waals surface area contributed by atoms with Gasteiger partial charge in [-0.15, -0.1) is 0 Å². The Kier molecular flexibility index (Phi) is 2.97. The maximum atomic E-state index is 5.94. The van der Waals surface area contributed by atoms with Gasteiger partial charge in [0.2, 0.25) is 0 Å². The minimum absolute atomic E-state index is 0.262. The van der Waals surface area contributed by atoms with E-state index >= 15 is 0 Å². The minimum Gasteiger partial charge on any atom is -0.271 e. The van der Waals surface area contributed by atoms with Crippen LogP contribution in [-0.2, 0) is 0 Å². The molecule has 0 aliphatic heterocycles. The summed E-state index contributed by atoms with van der Waals surface area (Å²) in [7, 11) is 0. The third kappa shape index (κ3) is 1.85. The molecule has 4 rings (SSSR count). The van der Waals surface area contributed by atoms with Gasteiger partial charge in [-0.3, -0.25) is 16.3 Å². The van der Waals surface area contributed by atoms with Gasteiger partial charge in [-0.05, 0) is 54.7 Å². The number of hydrogen-bond donors (Lipinski definition) is 2. The Bertz CT molecular complexity index is 619. The Morgan fingerprint density at radius 1 is 1.15 bits per heavy atom. The zero-order valence-electron chi connectivity index (χ0n) is 11.6. The van der Waals surface area contributed by atoms with Gasteiger partial charge in [-0.25, -0.2) is 0 Å². The summed E-state index contributed by atoms with van der Waals surface area (Å²) in [6.07, 6.45) is 7.41. The first-order valence-electron chi connectivity index (χ1n) is 7.66. The first-order chi connectivity index (χ1) is 9.86. The van der Waals surface area contributed by atoms with Gasteiger partial charge in [0.1, 0.15) is 0 Å². The van der Waals surface area contributed by atoms with Crippen LogP contribution in [0.15, 0.2) is 36.5 Å². The molecule has 0 spiro atoms. The van der Waals surface area contributed by atoms with E-state index in [0.717, 1.165) is 17.4 Å². The molecular weight excluding hydrogens is 246 g/mol. The topological polar surface area (TPSA) is 50.9 Å². The first-order valence-corrected chi connectivity index (χ1v) is 7.66. The number of rotatable bonds is 3. The van der Waals surface area contributed by atoms with E-state index in [4.69, 9.17) is 5.84 Å². The second-order valence-electron chi connectivity index (χ2n) is 6.40. The van der Waals surface area contributed by atoms with Gasteiger partial charge < -0.3 is 0 Å². The molecule has 1 aromatic heterocycles. The molecular formula is C17H21N3. The van der Waals surface area contributed by atoms with Crippen molar-refractivity contribution in [1.82, 2.24) is 10.4 Å². The summed E-state index contributed by atoms with van der Waals surface area (Å²) in [6.45, 7) is 0. The highest BCUT2D eigenvalue weighted by atomic mass is 15.2. The minimum atomic E-state index is 0.262. The van der Waals surface area contributed by atoms with Crippen LogP contribution in [0.25, 0.3) is 10.9 Å². The third-order valence-corrected chi connectivity index (χ3v) is 5.41. The second kappa shape index (κ2) is 4.83. The fraction of sp³-hybridized carbons (Fsp3) is 0.471. The summed E-state index contributed by atoms with van der Waals surface area (Å²) < 4.78 is 0. The Labute approximate surface area is 119 Å². The van der Waals surface area contributed by atoms with Crippen LogP contribution >= 0.6 is 0 Å². The van der Waals surface area contributed by atoms with Crippen molar-refractivity contribution in [2.75, 3.05) is 0 Å². The van der Waals surface area contributed by atoms with Crippen molar-refractivity contribution in [3.63, 3.8) is 0 Å². The average molecular weight is 267 g/mol. The molecule has 2 aromatic rings. The highest BCUT2D eigenvalue weighted by Crippen LogP contribution is 2.52. The highest BCUT2D eigenvalue weighted by molar-refractivity contribution is 5.82. The third-order valence-electron chi connectivity index (χ3n) is 5.41. The number of nitrogens with zero attached hydrogens (tertiary/aromatic N) is 1. The Hall–Kier alpha value is -1.45. The fourth-order valence-electron chi connectivity index (χ4n) is 4.54. The van der Waals surface area contributed by atoms with Gasteiger partial charge in [-0.2, -0.15) is 0 Å². The number of aromatic nitrogens is 1. The van der Waals surface area contributed by atoms with Crippen LogP contribution in [0.3, 0.4) is 0 Å².